The van der Waals surface area contributed by atoms with E-state index in [1.807, 2.05) is 0 Å². The van der Waals surface area contributed by atoms with Gasteiger partial charge in [-0.05, 0) is 57.3 Å². The van der Waals surface area contributed by atoms with Crippen molar-refractivity contribution in [3.63, 3.8) is 0 Å². The molecular formula is C18H24O7. The van der Waals surface area contributed by atoms with Crippen molar-refractivity contribution in [3.8, 4) is 0 Å². The largest absolute Gasteiger partial charge is 0.481 e. The zero-order chi connectivity index (χ0) is 17.9. The topological polar surface area (TPSA) is 110 Å². The van der Waals surface area contributed by atoms with Crippen LogP contribution in [0.5, 0.6) is 0 Å². The molecule has 1 heterocycles. The van der Waals surface area contributed by atoms with Crippen molar-refractivity contribution in [2.75, 3.05) is 6.61 Å². The maximum absolute atomic E-state index is 13.0. The Morgan fingerprint density at radius 3 is 1.96 bits per heavy atom. The predicted molar refractivity (Wildman–Crippen MR) is 83.4 cm³/mol. The Morgan fingerprint density at radius 2 is 1.44 bits per heavy atom. The van der Waals surface area contributed by atoms with Crippen LogP contribution in [0.1, 0.15) is 57.8 Å². The van der Waals surface area contributed by atoms with Crippen LogP contribution in [-0.2, 0) is 23.9 Å². The van der Waals surface area contributed by atoms with Crippen LogP contribution < -0.4 is 0 Å². The molecular weight excluding hydrogens is 328 g/mol. The van der Waals surface area contributed by atoms with Crippen molar-refractivity contribution in [1.29, 1.82) is 0 Å². The lowest BCUT2D eigenvalue weighted by Crippen LogP contribution is -2.63. The van der Waals surface area contributed by atoms with Gasteiger partial charge in [0.15, 0.2) is 0 Å². The van der Waals surface area contributed by atoms with E-state index in [0.717, 1.165) is 12.8 Å². The lowest BCUT2D eigenvalue weighted by atomic mass is 9.39. The van der Waals surface area contributed by atoms with E-state index in [1.165, 1.54) is 0 Å². The van der Waals surface area contributed by atoms with Crippen molar-refractivity contribution in [2.24, 2.45) is 22.2 Å². The van der Waals surface area contributed by atoms with Gasteiger partial charge in [-0.1, -0.05) is 0 Å². The highest BCUT2D eigenvalue weighted by Gasteiger charge is 2.71. The van der Waals surface area contributed by atoms with E-state index in [4.69, 9.17) is 9.47 Å². The second-order valence-corrected chi connectivity index (χ2v) is 8.66. The van der Waals surface area contributed by atoms with Gasteiger partial charge in [-0.2, -0.15) is 0 Å². The van der Waals surface area contributed by atoms with Crippen LogP contribution in [0.3, 0.4) is 0 Å². The first-order chi connectivity index (χ1) is 11.8. The molecule has 3 atom stereocenters. The highest BCUT2D eigenvalue weighted by Crippen LogP contribution is 2.70. The standard InChI is InChI=1S/C18H24O7/c19-13(20)16-5-11-6-17(8-16,14(21)22)10-18(7-11,9-16)15(23)25-12-3-1-2-4-24-12/h11-12H,1-10H2,(H,19,20)(H,21,22). The van der Waals surface area contributed by atoms with Crippen molar-refractivity contribution >= 4 is 17.9 Å². The number of ether oxygens (including phenoxy) is 2. The summed E-state index contributed by atoms with van der Waals surface area (Å²) in [5.74, 6) is -2.47. The van der Waals surface area contributed by atoms with Crippen molar-refractivity contribution < 1.29 is 34.1 Å². The number of carbonyl (C=O) groups excluding carboxylic acids is 1. The smallest absolute Gasteiger partial charge is 0.314 e. The van der Waals surface area contributed by atoms with Gasteiger partial charge in [0.1, 0.15) is 0 Å². The first-order valence-corrected chi connectivity index (χ1v) is 9.09. The molecule has 0 amide bonds. The molecule has 0 aromatic carbocycles. The summed E-state index contributed by atoms with van der Waals surface area (Å²) >= 11 is 0. The first-order valence-electron chi connectivity index (χ1n) is 9.09. The van der Waals surface area contributed by atoms with E-state index >= 15 is 0 Å². The average Bonchev–Trinajstić information content (AvgIpc) is 2.54. The van der Waals surface area contributed by atoms with Gasteiger partial charge >= 0.3 is 17.9 Å². The molecule has 25 heavy (non-hydrogen) atoms. The van der Waals surface area contributed by atoms with Crippen molar-refractivity contribution in [3.05, 3.63) is 0 Å². The zero-order valence-corrected chi connectivity index (χ0v) is 14.2. The third-order valence-electron chi connectivity index (χ3n) is 6.79. The third-order valence-corrected chi connectivity index (χ3v) is 6.79. The minimum absolute atomic E-state index is 0.0525. The van der Waals surface area contributed by atoms with E-state index in [-0.39, 0.29) is 25.2 Å². The van der Waals surface area contributed by atoms with Crippen molar-refractivity contribution in [1.82, 2.24) is 0 Å². The van der Waals surface area contributed by atoms with Gasteiger partial charge < -0.3 is 19.7 Å². The highest BCUT2D eigenvalue weighted by atomic mass is 16.7. The number of aliphatic carboxylic acids is 2. The normalized spacial score (nSPS) is 45.1. The molecule has 5 fully saturated rings. The van der Waals surface area contributed by atoms with Gasteiger partial charge in [-0.3, -0.25) is 14.4 Å². The molecule has 138 valence electrons. The summed E-state index contributed by atoms with van der Waals surface area (Å²) < 4.78 is 11.1. The van der Waals surface area contributed by atoms with Crippen LogP contribution in [0.4, 0.5) is 0 Å². The first kappa shape index (κ1) is 16.8. The summed E-state index contributed by atoms with van der Waals surface area (Å²) in [6, 6.07) is 0. The number of hydrogen-bond acceptors (Lipinski definition) is 5. The molecule has 0 spiro atoms. The Bertz CT molecular complexity index is 591. The van der Waals surface area contributed by atoms with E-state index in [0.29, 0.717) is 32.3 Å². The number of hydrogen-bond donors (Lipinski definition) is 2. The van der Waals surface area contributed by atoms with Gasteiger partial charge in [-0.25, -0.2) is 0 Å². The quantitative estimate of drug-likeness (QED) is 0.746. The highest BCUT2D eigenvalue weighted by molar-refractivity contribution is 5.86. The Labute approximate surface area is 145 Å². The number of carbonyl (C=O) groups is 3. The fourth-order valence-corrected chi connectivity index (χ4v) is 6.19. The molecule has 0 aromatic rings. The minimum atomic E-state index is -1.12. The summed E-state index contributed by atoms with van der Waals surface area (Å²) in [5, 5.41) is 19.6. The molecule has 4 saturated carbocycles. The van der Waals surface area contributed by atoms with Crippen LogP contribution in [-0.4, -0.2) is 41.0 Å². The number of rotatable bonds is 4. The second kappa shape index (κ2) is 5.43. The van der Waals surface area contributed by atoms with Gasteiger partial charge in [-0.15, -0.1) is 0 Å². The van der Waals surface area contributed by atoms with E-state index in [1.54, 1.807) is 0 Å². The lowest BCUT2D eigenvalue weighted by Gasteiger charge is -2.62. The molecule has 3 unspecified atom stereocenters. The fraction of sp³-hybridized carbons (Fsp3) is 0.833. The Morgan fingerprint density at radius 1 is 0.880 bits per heavy atom. The summed E-state index contributed by atoms with van der Waals surface area (Å²) in [6.07, 6.45) is 3.86. The molecule has 1 saturated heterocycles. The summed E-state index contributed by atoms with van der Waals surface area (Å²) in [7, 11) is 0. The van der Waals surface area contributed by atoms with Gasteiger partial charge in [0, 0.05) is 6.42 Å². The SMILES string of the molecule is O=C(O)C12CC3CC(C(=O)O)(C1)CC(C(=O)OC1CCCCO1)(C3)C2. The molecule has 1 aliphatic heterocycles. The van der Waals surface area contributed by atoms with Crippen LogP contribution >= 0.6 is 0 Å². The van der Waals surface area contributed by atoms with E-state index in [2.05, 4.69) is 0 Å². The predicted octanol–water partition coefficient (Wildman–Crippen LogP) is 2.18. The van der Waals surface area contributed by atoms with E-state index < -0.39 is 40.4 Å². The van der Waals surface area contributed by atoms with Gasteiger partial charge in [0.2, 0.25) is 6.29 Å². The van der Waals surface area contributed by atoms with Crippen LogP contribution in [0.25, 0.3) is 0 Å². The average molecular weight is 352 g/mol. The molecule has 7 nitrogen and oxygen atoms in total. The zero-order valence-electron chi connectivity index (χ0n) is 14.2. The Kier molecular flexibility index (Phi) is 3.65. The maximum atomic E-state index is 13.0. The maximum Gasteiger partial charge on any atom is 0.314 e. The Balaban J connectivity index is 1.65. The van der Waals surface area contributed by atoms with E-state index in [9.17, 15) is 24.6 Å². The molecule has 0 radical (unpaired) electrons. The summed E-state index contributed by atoms with van der Waals surface area (Å²) in [5.41, 5.74) is -3.24. The summed E-state index contributed by atoms with van der Waals surface area (Å²) in [4.78, 5) is 37.0. The molecule has 0 aromatic heterocycles. The third kappa shape index (κ3) is 2.46. The van der Waals surface area contributed by atoms with Crippen LogP contribution in [0.15, 0.2) is 0 Å². The van der Waals surface area contributed by atoms with Crippen LogP contribution in [0, 0.1) is 22.2 Å². The molecule has 2 N–H and O–H groups in total. The summed E-state index contributed by atoms with van der Waals surface area (Å²) in [6.45, 7) is 0.547. The molecule has 5 rings (SSSR count). The molecule has 5 aliphatic rings. The lowest BCUT2D eigenvalue weighted by molar-refractivity contribution is -0.227. The minimum Gasteiger partial charge on any atom is -0.481 e. The van der Waals surface area contributed by atoms with Crippen LogP contribution in [0.2, 0.25) is 0 Å². The van der Waals surface area contributed by atoms with Crippen molar-refractivity contribution in [2.45, 2.75) is 64.1 Å². The molecule has 7 heteroatoms. The second-order valence-electron chi connectivity index (χ2n) is 8.66. The monoisotopic (exact) mass is 352 g/mol. The molecule has 4 bridgehead atoms. The number of carboxylic acid groups (broad SMARTS) is 2. The van der Waals surface area contributed by atoms with Gasteiger partial charge in [0.25, 0.3) is 0 Å². The number of esters is 1. The number of carboxylic acids is 2. The fourth-order valence-electron chi connectivity index (χ4n) is 6.19. The molecule has 4 aliphatic carbocycles. The Hall–Kier alpha value is -1.63. The van der Waals surface area contributed by atoms with Gasteiger partial charge in [0.05, 0.1) is 22.9 Å².